The Balaban J connectivity index is 1.75. The second-order valence-electron chi connectivity index (χ2n) is 7.77. The topological polar surface area (TPSA) is 71.8 Å². The number of carbonyl (C=O) groups excluding carboxylic acids is 1. The summed E-state index contributed by atoms with van der Waals surface area (Å²) < 4.78 is 1.82. The summed E-state index contributed by atoms with van der Waals surface area (Å²) in [6, 6.07) is 16.6. The van der Waals surface area contributed by atoms with Gasteiger partial charge in [-0.25, -0.2) is 4.68 Å². The zero-order valence-corrected chi connectivity index (χ0v) is 17.1. The van der Waals surface area contributed by atoms with Crippen molar-refractivity contribution < 1.29 is 4.79 Å². The first-order valence-electron chi connectivity index (χ1n) is 9.80. The molecule has 2 heterocycles. The first kappa shape index (κ1) is 18.9. The lowest BCUT2D eigenvalue weighted by Crippen LogP contribution is -2.20. The minimum Gasteiger partial charge on any atom is -0.324 e. The Morgan fingerprint density at radius 3 is 2.28 bits per heavy atom. The summed E-state index contributed by atoms with van der Waals surface area (Å²) in [6.07, 6.45) is 2.14. The molecule has 1 aliphatic rings. The molecule has 1 aromatic heterocycles. The van der Waals surface area contributed by atoms with E-state index in [1.165, 1.54) is 11.1 Å². The number of anilines is 2. The Morgan fingerprint density at radius 1 is 1.03 bits per heavy atom. The summed E-state index contributed by atoms with van der Waals surface area (Å²) in [4.78, 5) is 16.6. The Labute approximate surface area is 170 Å². The second-order valence-corrected chi connectivity index (χ2v) is 7.77. The van der Waals surface area contributed by atoms with Gasteiger partial charge in [-0.3, -0.25) is 10.1 Å². The summed E-state index contributed by atoms with van der Waals surface area (Å²) in [6.45, 7) is 7.83. The van der Waals surface area contributed by atoms with Gasteiger partial charge in [0.1, 0.15) is 6.04 Å². The van der Waals surface area contributed by atoms with Gasteiger partial charge in [0, 0.05) is 11.6 Å². The smallest absolute Gasteiger partial charge is 0.250 e. The molecule has 29 heavy (non-hydrogen) atoms. The van der Waals surface area contributed by atoms with Crippen molar-refractivity contribution in [3.63, 3.8) is 0 Å². The molecule has 0 radical (unpaired) electrons. The summed E-state index contributed by atoms with van der Waals surface area (Å²) >= 11 is 0. The summed E-state index contributed by atoms with van der Waals surface area (Å²) in [5.41, 5.74) is 5.57. The van der Waals surface area contributed by atoms with Gasteiger partial charge in [-0.15, -0.1) is 5.10 Å². The molecule has 0 fully saturated rings. The number of amides is 1. The van der Waals surface area contributed by atoms with Crippen LogP contribution in [0.15, 0.2) is 54.6 Å². The van der Waals surface area contributed by atoms with Crippen molar-refractivity contribution in [2.75, 3.05) is 10.6 Å². The van der Waals surface area contributed by atoms with Crippen molar-refractivity contribution >= 4 is 23.5 Å². The lowest BCUT2D eigenvalue weighted by Gasteiger charge is -2.24. The van der Waals surface area contributed by atoms with Gasteiger partial charge in [0.05, 0.1) is 0 Å². The third kappa shape index (κ3) is 3.92. The SMILES string of the molecule is Cc1ccc(C2=CC(c3ccc(C)cc3)n3nc(NC(=O)C(C)C)nc3N2)cc1. The van der Waals surface area contributed by atoms with Gasteiger partial charge >= 0.3 is 0 Å². The molecule has 2 N–H and O–H groups in total. The largest absolute Gasteiger partial charge is 0.324 e. The number of aryl methyl sites for hydroxylation is 2. The zero-order valence-electron chi connectivity index (χ0n) is 17.1. The van der Waals surface area contributed by atoms with Crippen molar-refractivity contribution in [3.8, 4) is 0 Å². The van der Waals surface area contributed by atoms with E-state index in [0.717, 1.165) is 16.8 Å². The number of fused-ring (bicyclic) bond motifs is 1. The van der Waals surface area contributed by atoms with Crippen LogP contribution in [0.2, 0.25) is 0 Å². The molecule has 6 nitrogen and oxygen atoms in total. The number of nitrogens with one attached hydrogen (secondary N) is 2. The standard InChI is InChI=1S/C23H25N5O/c1-14(2)21(29)25-22-26-23-24-19(17-9-5-15(3)6-10-17)13-20(28(23)27-22)18-11-7-16(4)8-12-18/h5-14,20H,1-4H3,(H2,24,25,26,27,29). The molecular weight excluding hydrogens is 362 g/mol. The lowest BCUT2D eigenvalue weighted by atomic mass is 10.0. The number of benzene rings is 2. The fourth-order valence-electron chi connectivity index (χ4n) is 3.20. The summed E-state index contributed by atoms with van der Waals surface area (Å²) in [5, 5.41) is 10.7. The number of hydrogen-bond donors (Lipinski definition) is 2. The molecule has 1 amide bonds. The average molecular weight is 387 g/mol. The number of nitrogens with zero attached hydrogens (tertiary/aromatic N) is 3. The highest BCUT2D eigenvalue weighted by molar-refractivity contribution is 5.90. The van der Waals surface area contributed by atoms with Gasteiger partial charge < -0.3 is 5.32 Å². The van der Waals surface area contributed by atoms with E-state index in [1.807, 2.05) is 18.5 Å². The molecule has 0 bridgehead atoms. The summed E-state index contributed by atoms with van der Waals surface area (Å²) in [7, 11) is 0. The van der Waals surface area contributed by atoms with Gasteiger partial charge in [-0.05, 0) is 31.1 Å². The van der Waals surface area contributed by atoms with Crippen LogP contribution in [0.3, 0.4) is 0 Å². The first-order valence-corrected chi connectivity index (χ1v) is 9.80. The van der Waals surface area contributed by atoms with E-state index in [0.29, 0.717) is 11.9 Å². The van der Waals surface area contributed by atoms with Crippen molar-refractivity contribution in [1.29, 1.82) is 0 Å². The number of allylic oxidation sites excluding steroid dienone is 1. The molecule has 4 rings (SSSR count). The van der Waals surface area contributed by atoms with Crippen LogP contribution in [0.5, 0.6) is 0 Å². The van der Waals surface area contributed by atoms with Gasteiger partial charge in [0.25, 0.3) is 5.95 Å². The Morgan fingerprint density at radius 2 is 1.66 bits per heavy atom. The molecule has 0 saturated carbocycles. The maximum absolute atomic E-state index is 12.1. The Kier molecular flexibility index (Phi) is 4.92. The van der Waals surface area contributed by atoms with Crippen LogP contribution in [0.25, 0.3) is 5.70 Å². The zero-order chi connectivity index (χ0) is 20.5. The molecular formula is C23H25N5O. The monoisotopic (exact) mass is 387 g/mol. The van der Waals surface area contributed by atoms with Gasteiger partial charge in [-0.2, -0.15) is 4.98 Å². The first-order chi connectivity index (χ1) is 13.9. The molecule has 148 valence electrons. The van der Waals surface area contributed by atoms with Gasteiger partial charge in [0.15, 0.2) is 0 Å². The van der Waals surface area contributed by atoms with E-state index in [-0.39, 0.29) is 17.9 Å². The van der Waals surface area contributed by atoms with E-state index in [9.17, 15) is 4.79 Å². The highest BCUT2D eigenvalue weighted by atomic mass is 16.2. The molecule has 2 aromatic carbocycles. The predicted octanol–water partition coefficient (Wildman–Crippen LogP) is 4.55. The van der Waals surface area contributed by atoms with Crippen LogP contribution >= 0.6 is 0 Å². The molecule has 0 spiro atoms. The normalized spacial score (nSPS) is 15.5. The lowest BCUT2D eigenvalue weighted by molar-refractivity contribution is -0.118. The van der Waals surface area contributed by atoms with Crippen LogP contribution in [-0.2, 0) is 4.79 Å². The molecule has 0 aliphatic carbocycles. The minimum atomic E-state index is -0.141. The van der Waals surface area contributed by atoms with Crippen LogP contribution < -0.4 is 10.6 Å². The Hall–Kier alpha value is -3.41. The van der Waals surface area contributed by atoms with E-state index < -0.39 is 0 Å². The molecule has 1 unspecified atom stereocenters. The maximum atomic E-state index is 12.1. The quantitative estimate of drug-likeness (QED) is 0.689. The van der Waals surface area contributed by atoms with E-state index >= 15 is 0 Å². The fraction of sp³-hybridized carbons (Fsp3) is 0.261. The van der Waals surface area contributed by atoms with E-state index in [2.05, 4.69) is 89.2 Å². The third-order valence-corrected chi connectivity index (χ3v) is 5.01. The molecule has 6 heteroatoms. The average Bonchev–Trinajstić information content (AvgIpc) is 3.10. The third-order valence-electron chi connectivity index (χ3n) is 5.01. The minimum absolute atomic E-state index is 0.105. The summed E-state index contributed by atoms with van der Waals surface area (Å²) in [5.74, 6) is 0.666. The molecule has 3 aromatic rings. The van der Waals surface area contributed by atoms with Gasteiger partial charge in [0.2, 0.25) is 11.9 Å². The van der Waals surface area contributed by atoms with Gasteiger partial charge in [-0.1, -0.05) is 73.5 Å². The fourth-order valence-corrected chi connectivity index (χ4v) is 3.20. The molecule has 1 aliphatic heterocycles. The molecule has 1 atom stereocenters. The van der Waals surface area contributed by atoms with Crippen LogP contribution in [0, 0.1) is 19.8 Å². The highest BCUT2D eigenvalue weighted by Gasteiger charge is 2.26. The number of carbonyl (C=O) groups is 1. The second kappa shape index (κ2) is 7.54. The van der Waals surface area contributed by atoms with E-state index in [1.54, 1.807) is 0 Å². The highest BCUT2D eigenvalue weighted by Crippen LogP contribution is 2.33. The predicted molar refractivity (Wildman–Crippen MR) is 116 cm³/mol. The molecule has 0 saturated heterocycles. The maximum Gasteiger partial charge on any atom is 0.250 e. The van der Waals surface area contributed by atoms with Crippen LogP contribution in [0.1, 0.15) is 42.1 Å². The van der Waals surface area contributed by atoms with Crippen molar-refractivity contribution in [3.05, 3.63) is 76.9 Å². The van der Waals surface area contributed by atoms with Crippen LogP contribution in [-0.4, -0.2) is 20.7 Å². The number of hydrogen-bond acceptors (Lipinski definition) is 4. The Bertz CT molecular complexity index is 1060. The van der Waals surface area contributed by atoms with Crippen molar-refractivity contribution in [2.45, 2.75) is 33.7 Å². The van der Waals surface area contributed by atoms with Crippen molar-refractivity contribution in [1.82, 2.24) is 14.8 Å². The van der Waals surface area contributed by atoms with E-state index in [4.69, 9.17) is 0 Å². The van der Waals surface area contributed by atoms with Crippen molar-refractivity contribution in [2.24, 2.45) is 5.92 Å². The van der Waals surface area contributed by atoms with Crippen LogP contribution in [0.4, 0.5) is 11.9 Å². The number of aromatic nitrogens is 3. The number of rotatable bonds is 4.